The third-order valence-corrected chi connectivity index (χ3v) is 2.65. The zero-order chi connectivity index (χ0) is 15.2. The molecule has 4 heteroatoms. The lowest BCUT2D eigenvalue weighted by Crippen LogP contribution is -2.46. The van der Waals surface area contributed by atoms with Crippen molar-refractivity contribution in [1.29, 1.82) is 0 Å². The minimum atomic E-state index is -0.831. The fourth-order valence-electron chi connectivity index (χ4n) is 1.75. The van der Waals surface area contributed by atoms with Crippen molar-refractivity contribution >= 4 is 6.09 Å². The molecule has 0 aliphatic heterocycles. The van der Waals surface area contributed by atoms with Crippen molar-refractivity contribution in [3.8, 4) is 0 Å². The molecule has 0 heterocycles. The van der Waals surface area contributed by atoms with E-state index in [1.54, 1.807) is 20.8 Å². The molecule has 1 rings (SSSR count). The Morgan fingerprint density at radius 2 is 2.00 bits per heavy atom. The van der Waals surface area contributed by atoms with Crippen LogP contribution < -0.4 is 5.32 Å². The van der Waals surface area contributed by atoms with Crippen LogP contribution in [0.25, 0.3) is 0 Å². The average Bonchev–Trinajstić information content (AvgIpc) is 2.36. The zero-order valence-electron chi connectivity index (χ0n) is 12.3. The van der Waals surface area contributed by atoms with Crippen molar-refractivity contribution in [3.05, 3.63) is 48.6 Å². The number of amides is 1. The average molecular weight is 277 g/mol. The first kappa shape index (κ1) is 16.2. The lowest BCUT2D eigenvalue weighted by atomic mass is 10.0. The molecule has 110 valence electrons. The lowest BCUT2D eigenvalue weighted by Gasteiger charge is -2.25. The fourth-order valence-corrected chi connectivity index (χ4v) is 1.75. The molecule has 1 aromatic rings. The van der Waals surface area contributed by atoms with Gasteiger partial charge in [0.1, 0.15) is 5.60 Å². The Kier molecular flexibility index (Phi) is 5.77. The van der Waals surface area contributed by atoms with Crippen molar-refractivity contribution in [1.82, 2.24) is 5.32 Å². The van der Waals surface area contributed by atoms with Gasteiger partial charge in [-0.2, -0.15) is 0 Å². The fraction of sp³-hybridized carbons (Fsp3) is 0.438. The number of rotatable bonds is 5. The maximum Gasteiger partial charge on any atom is 0.407 e. The van der Waals surface area contributed by atoms with Gasteiger partial charge < -0.3 is 15.2 Å². The topological polar surface area (TPSA) is 58.6 Å². The summed E-state index contributed by atoms with van der Waals surface area (Å²) in [4.78, 5) is 11.8. The van der Waals surface area contributed by atoms with Crippen LogP contribution in [0.15, 0.2) is 43.0 Å². The highest BCUT2D eigenvalue weighted by Gasteiger charge is 2.23. The van der Waals surface area contributed by atoms with Gasteiger partial charge in [0.2, 0.25) is 0 Å². The summed E-state index contributed by atoms with van der Waals surface area (Å²) in [7, 11) is 0. The second kappa shape index (κ2) is 7.10. The first-order valence-corrected chi connectivity index (χ1v) is 6.66. The third kappa shape index (κ3) is 5.89. The summed E-state index contributed by atoms with van der Waals surface area (Å²) in [5, 5.41) is 12.6. The van der Waals surface area contributed by atoms with Gasteiger partial charge in [-0.05, 0) is 32.8 Å². The Balaban J connectivity index is 2.70. The quantitative estimate of drug-likeness (QED) is 0.813. The summed E-state index contributed by atoms with van der Waals surface area (Å²) in [5.74, 6) is 0. The van der Waals surface area contributed by atoms with Crippen molar-refractivity contribution in [2.24, 2.45) is 0 Å². The molecule has 0 saturated heterocycles. The van der Waals surface area contributed by atoms with Gasteiger partial charge in [0.15, 0.2) is 0 Å². The van der Waals surface area contributed by atoms with Gasteiger partial charge in [-0.1, -0.05) is 36.4 Å². The highest BCUT2D eigenvalue weighted by Crippen LogP contribution is 2.10. The Morgan fingerprint density at radius 1 is 1.40 bits per heavy atom. The standard InChI is InChI=1S/C16H23NO3/c1-5-14(18)13(11-12-9-7-6-8-10-12)17-15(19)20-16(2,3)4/h5-10,13-14,18H,1,11H2,2-4H3,(H,17,19)/t13-,14+/m0/s1. The number of nitrogens with one attached hydrogen (secondary N) is 1. The molecule has 0 unspecified atom stereocenters. The van der Waals surface area contributed by atoms with Crippen LogP contribution in [0.3, 0.4) is 0 Å². The SMILES string of the molecule is C=C[C@@H](O)[C@H](Cc1ccccc1)NC(=O)OC(C)(C)C. The lowest BCUT2D eigenvalue weighted by molar-refractivity contribution is 0.0455. The van der Waals surface area contributed by atoms with Gasteiger partial charge in [0, 0.05) is 0 Å². The highest BCUT2D eigenvalue weighted by molar-refractivity contribution is 5.68. The maximum atomic E-state index is 11.8. The molecular formula is C16H23NO3. The molecule has 0 saturated carbocycles. The van der Waals surface area contributed by atoms with Crippen molar-refractivity contribution in [2.75, 3.05) is 0 Å². The van der Waals surface area contributed by atoms with Crippen LogP contribution in [0.4, 0.5) is 4.79 Å². The van der Waals surface area contributed by atoms with Crippen LogP contribution in [0.5, 0.6) is 0 Å². The summed E-state index contributed by atoms with van der Waals surface area (Å²) in [6.07, 6.45) is 0.542. The number of hydrogen-bond acceptors (Lipinski definition) is 3. The number of ether oxygens (including phenoxy) is 1. The van der Waals surface area contributed by atoms with Crippen molar-refractivity contribution in [2.45, 2.75) is 44.9 Å². The summed E-state index contributed by atoms with van der Waals surface area (Å²) in [5.41, 5.74) is 0.454. The molecule has 4 nitrogen and oxygen atoms in total. The molecule has 0 aliphatic rings. The van der Waals surface area contributed by atoms with Gasteiger partial charge in [-0.3, -0.25) is 0 Å². The minimum Gasteiger partial charge on any atom is -0.444 e. The van der Waals surface area contributed by atoms with E-state index < -0.39 is 23.8 Å². The monoisotopic (exact) mass is 277 g/mol. The molecule has 20 heavy (non-hydrogen) atoms. The summed E-state index contributed by atoms with van der Waals surface area (Å²) in [6, 6.07) is 9.17. The summed E-state index contributed by atoms with van der Waals surface area (Å²) < 4.78 is 5.21. The molecule has 1 amide bonds. The molecule has 0 spiro atoms. The Bertz CT molecular complexity index is 437. The molecule has 0 aromatic heterocycles. The first-order valence-electron chi connectivity index (χ1n) is 6.66. The second-order valence-electron chi connectivity index (χ2n) is 5.67. The summed E-state index contributed by atoms with van der Waals surface area (Å²) >= 11 is 0. The van der Waals surface area contributed by atoms with Gasteiger partial charge in [-0.25, -0.2) is 4.79 Å². The van der Waals surface area contributed by atoms with E-state index in [4.69, 9.17) is 4.74 Å². The zero-order valence-corrected chi connectivity index (χ0v) is 12.3. The Labute approximate surface area is 120 Å². The smallest absolute Gasteiger partial charge is 0.407 e. The van der Waals surface area contributed by atoms with E-state index in [2.05, 4.69) is 11.9 Å². The Morgan fingerprint density at radius 3 is 2.50 bits per heavy atom. The van der Waals surface area contributed by atoms with Crippen molar-refractivity contribution < 1.29 is 14.6 Å². The van der Waals surface area contributed by atoms with Crippen LogP contribution in [-0.2, 0) is 11.2 Å². The second-order valence-corrected chi connectivity index (χ2v) is 5.67. The normalized spacial score (nSPS) is 14.2. The van der Waals surface area contributed by atoms with Gasteiger partial charge in [0.05, 0.1) is 12.1 Å². The first-order chi connectivity index (χ1) is 9.31. The molecule has 0 aliphatic carbocycles. The minimum absolute atomic E-state index is 0.468. The van der Waals surface area contributed by atoms with E-state index in [-0.39, 0.29) is 0 Å². The van der Waals surface area contributed by atoms with E-state index in [1.165, 1.54) is 6.08 Å². The van der Waals surface area contributed by atoms with Crippen LogP contribution >= 0.6 is 0 Å². The van der Waals surface area contributed by atoms with E-state index in [9.17, 15) is 9.90 Å². The van der Waals surface area contributed by atoms with E-state index in [0.29, 0.717) is 6.42 Å². The number of carbonyl (C=O) groups is 1. The maximum absolute atomic E-state index is 11.8. The molecule has 0 fully saturated rings. The molecule has 2 atom stereocenters. The number of alkyl carbamates (subject to hydrolysis) is 1. The predicted octanol–water partition coefficient (Wildman–Crippen LogP) is 2.67. The summed E-state index contributed by atoms with van der Waals surface area (Å²) in [6.45, 7) is 8.95. The van der Waals surface area contributed by atoms with Crippen molar-refractivity contribution in [3.63, 3.8) is 0 Å². The molecule has 0 radical (unpaired) electrons. The molecule has 1 aromatic carbocycles. The van der Waals surface area contributed by atoms with Crippen LogP contribution in [0, 0.1) is 0 Å². The Hall–Kier alpha value is -1.81. The van der Waals surface area contributed by atoms with E-state index >= 15 is 0 Å². The van der Waals surface area contributed by atoms with Crippen LogP contribution in [0.1, 0.15) is 26.3 Å². The van der Waals surface area contributed by atoms with Gasteiger partial charge in [-0.15, -0.1) is 6.58 Å². The molecule has 0 bridgehead atoms. The van der Waals surface area contributed by atoms with Gasteiger partial charge >= 0.3 is 6.09 Å². The number of hydrogen-bond donors (Lipinski definition) is 2. The highest BCUT2D eigenvalue weighted by atomic mass is 16.6. The van der Waals surface area contributed by atoms with Crippen LogP contribution in [0.2, 0.25) is 0 Å². The predicted molar refractivity (Wildman–Crippen MR) is 79.5 cm³/mol. The number of aliphatic hydroxyl groups excluding tert-OH is 1. The molecular weight excluding hydrogens is 254 g/mol. The number of aliphatic hydroxyl groups is 1. The number of carbonyl (C=O) groups excluding carboxylic acids is 1. The van der Waals surface area contributed by atoms with Gasteiger partial charge in [0.25, 0.3) is 0 Å². The van der Waals surface area contributed by atoms with E-state index in [1.807, 2.05) is 30.3 Å². The largest absolute Gasteiger partial charge is 0.444 e. The van der Waals surface area contributed by atoms with Crippen LogP contribution in [-0.4, -0.2) is 28.9 Å². The van der Waals surface area contributed by atoms with E-state index in [0.717, 1.165) is 5.56 Å². The molecule has 2 N–H and O–H groups in total. The number of benzene rings is 1. The third-order valence-electron chi connectivity index (χ3n) is 2.65.